The standard InChI is InChI=1S/C28H27ClFN3O2/c1-19-4-2-7-25-26(19)32(28(35)33(25)24-6-3-5-22(29)18-24)17-16-31-14-12-21(13-15-31)27(34)20-8-10-23(30)11-9-20/h2-11,18,21H,12-17H2,1H3. The molecule has 0 saturated carbocycles. The van der Waals surface area contributed by atoms with Crippen molar-refractivity contribution in [1.82, 2.24) is 14.0 Å². The molecular weight excluding hydrogens is 465 g/mol. The molecule has 0 atom stereocenters. The van der Waals surface area contributed by atoms with Gasteiger partial charge in [-0.2, -0.15) is 0 Å². The van der Waals surface area contributed by atoms with Crippen molar-refractivity contribution in [3.05, 3.63) is 99.2 Å². The highest BCUT2D eigenvalue weighted by molar-refractivity contribution is 6.30. The lowest BCUT2D eigenvalue weighted by molar-refractivity contribution is 0.0837. The maximum absolute atomic E-state index is 13.5. The number of ketones is 1. The maximum Gasteiger partial charge on any atom is 0.333 e. The third-order valence-electron chi connectivity index (χ3n) is 6.94. The summed E-state index contributed by atoms with van der Waals surface area (Å²) < 4.78 is 16.8. The van der Waals surface area contributed by atoms with E-state index in [4.69, 9.17) is 11.6 Å². The minimum Gasteiger partial charge on any atom is -0.302 e. The van der Waals surface area contributed by atoms with Gasteiger partial charge in [0.25, 0.3) is 0 Å². The number of benzene rings is 3. The first-order valence-corrected chi connectivity index (χ1v) is 12.3. The van der Waals surface area contributed by atoms with Gasteiger partial charge in [-0.15, -0.1) is 0 Å². The Kier molecular flexibility index (Phi) is 6.58. The first-order chi connectivity index (χ1) is 16.9. The average Bonchev–Trinajstić information content (AvgIpc) is 3.15. The molecule has 0 N–H and O–H groups in total. The highest BCUT2D eigenvalue weighted by Gasteiger charge is 2.26. The minimum absolute atomic E-state index is 0.0496. The van der Waals surface area contributed by atoms with Crippen LogP contribution in [-0.2, 0) is 6.54 Å². The van der Waals surface area contributed by atoms with Crippen LogP contribution in [0.2, 0.25) is 5.02 Å². The number of aromatic nitrogens is 2. The number of aryl methyl sites for hydroxylation is 1. The van der Waals surface area contributed by atoms with E-state index < -0.39 is 0 Å². The SMILES string of the molecule is Cc1cccc2c1n(CCN1CCC(C(=O)c3ccc(F)cc3)CC1)c(=O)n2-c1cccc(Cl)c1. The highest BCUT2D eigenvalue weighted by Crippen LogP contribution is 2.24. The highest BCUT2D eigenvalue weighted by atomic mass is 35.5. The molecule has 7 heteroatoms. The number of nitrogens with zero attached hydrogens (tertiary/aromatic N) is 3. The van der Waals surface area contributed by atoms with Crippen LogP contribution in [0.15, 0.2) is 71.5 Å². The molecule has 4 aromatic rings. The summed E-state index contributed by atoms with van der Waals surface area (Å²) in [7, 11) is 0. The lowest BCUT2D eigenvalue weighted by atomic mass is 9.89. The number of imidazole rings is 1. The molecule has 0 radical (unpaired) electrons. The van der Waals surface area contributed by atoms with Crippen LogP contribution < -0.4 is 5.69 Å². The van der Waals surface area contributed by atoms with Gasteiger partial charge in [-0.05, 0) is 86.9 Å². The Balaban J connectivity index is 1.32. The number of hydrogen-bond donors (Lipinski definition) is 0. The van der Waals surface area contributed by atoms with Crippen molar-refractivity contribution < 1.29 is 9.18 Å². The molecule has 1 aliphatic rings. The molecule has 5 nitrogen and oxygen atoms in total. The van der Waals surface area contributed by atoms with Crippen LogP contribution in [0, 0.1) is 18.7 Å². The summed E-state index contributed by atoms with van der Waals surface area (Å²) in [5.41, 5.74) is 4.07. The van der Waals surface area contributed by atoms with Gasteiger partial charge in [0.05, 0.1) is 16.7 Å². The predicted molar refractivity (Wildman–Crippen MR) is 137 cm³/mol. The number of carbonyl (C=O) groups is 1. The summed E-state index contributed by atoms with van der Waals surface area (Å²) in [5, 5.41) is 0.584. The van der Waals surface area contributed by atoms with Crippen LogP contribution in [0.4, 0.5) is 4.39 Å². The molecule has 5 rings (SSSR count). The molecule has 0 spiro atoms. The van der Waals surface area contributed by atoms with E-state index in [2.05, 4.69) is 4.90 Å². The fourth-order valence-corrected chi connectivity index (χ4v) is 5.26. The Morgan fingerprint density at radius 3 is 2.43 bits per heavy atom. The van der Waals surface area contributed by atoms with E-state index in [0.717, 1.165) is 54.8 Å². The van der Waals surface area contributed by atoms with Crippen molar-refractivity contribution >= 4 is 28.4 Å². The number of hydrogen-bond acceptors (Lipinski definition) is 3. The lowest BCUT2D eigenvalue weighted by Crippen LogP contribution is -2.39. The van der Waals surface area contributed by atoms with E-state index >= 15 is 0 Å². The molecule has 3 aromatic carbocycles. The summed E-state index contributed by atoms with van der Waals surface area (Å²) in [5.74, 6) is -0.300. The Morgan fingerprint density at radius 2 is 1.71 bits per heavy atom. The van der Waals surface area contributed by atoms with E-state index in [9.17, 15) is 14.0 Å². The maximum atomic E-state index is 13.5. The normalized spacial score (nSPS) is 15.1. The Morgan fingerprint density at radius 1 is 1.00 bits per heavy atom. The van der Waals surface area contributed by atoms with Gasteiger partial charge >= 0.3 is 5.69 Å². The van der Waals surface area contributed by atoms with Crippen molar-refractivity contribution in [3.63, 3.8) is 0 Å². The Bertz CT molecular complexity index is 1430. The number of halogens is 2. The van der Waals surface area contributed by atoms with Crippen LogP contribution in [0.25, 0.3) is 16.7 Å². The number of likely N-dealkylation sites (tertiary alicyclic amines) is 1. The molecule has 0 aliphatic carbocycles. The minimum atomic E-state index is -0.335. The predicted octanol–water partition coefficient (Wildman–Crippen LogP) is 5.49. The summed E-state index contributed by atoms with van der Waals surface area (Å²) in [6.07, 6.45) is 1.52. The van der Waals surface area contributed by atoms with Crippen LogP contribution in [-0.4, -0.2) is 39.5 Å². The quantitative estimate of drug-likeness (QED) is 0.335. The topological polar surface area (TPSA) is 47.2 Å². The van der Waals surface area contributed by atoms with Crippen molar-refractivity contribution in [3.8, 4) is 5.69 Å². The Hall–Kier alpha value is -3.22. The van der Waals surface area contributed by atoms with Crippen LogP contribution in [0.1, 0.15) is 28.8 Å². The molecule has 0 amide bonds. The van der Waals surface area contributed by atoms with Crippen molar-refractivity contribution in [2.45, 2.75) is 26.3 Å². The summed E-state index contributed by atoms with van der Waals surface area (Å²) >= 11 is 6.21. The number of rotatable bonds is 6. The fourth-order valence-electron chi connectivity index (χ4n) is 5.08. The second-order valence-electron chi connectivity index (χ2n) is 9.18. The van der Waals surface area contributed by atoms with E-state index in [1.165, 1.54) is 12.1 Å². The molecule has 180 valence electrons. The third-order valence-corrected chi connectivity index (χ3v) is 7.18. The smallest absolute Gasteiger partial charge is 0.302 e. The number of piperidine rings is 1. The molecule has 1 saturated heterocycles. The van der Waals surface area contributed by atoms with E-state index in [1.54, 1.807) is 28.8 Å². The summed E-state index contributed by atoms with van der Waals surface area (Å²) in [4.78, 5) is 28.6. The van der Waals surface area contributed by atoms with Crippen molar-refractivity contribution in [1.29, 1.82) is 0 Å². The number of fused-ring (bicyclic) bond motifs is 1. The molecule has 35 heavy (non-hydrogen) atoms. The zero-order chi connectivity index (χ0) is 24.5. The van der Waals surface area contributed by atoms with E-state index in [1.807, 2.05) is 41.8 Å². The molecule has 0 unspecified atom stereocenters. The zero-order valence-corrected chi connectivity index (χ0v) is 20.3. The molecule has 1 fully saturated rings. The lowest BCUT2D eigenvalue weighted by Gasteiger charge is -2.31. The van der Waals surface area contributed by atoms with Crippen LogP contribution in [0.3, 0.4) is 0 Å². The summed E-state index contributed by atoms with van der Waals surface area (Å²) in [6.45, 7) is 4.88. The van der Waals surface area contributed by atoms with Gasteiger partial charge in [0.2, 0.25) is 0 Å². The Labute approximate surface area is 208 Å². The average molecular weight is 492 g/mol. The molecule has 2 heterocycles. The number of carbonyl (C=O) groups excluding carboxylic acids is 1. The number of para-hydroxylation sites is 1. The fraction of sp³-hybridized carbons (Fsp3) is 0.286. The molecule has 0 bridgehead atoms. The van der Waals surface area contributed by atoms with Gasteiger partial charge in [-0.25, -0.2) is 9.18 Å². The third kappa shape index (κ3) is 4.68. The van der Waals surface area contributed by atoms with E-state index in [0.29, 0.717) is 17.1 Å². The van der Waals surface area contributed by atoms with Crippen LogP contribution >= 0.6 is 11.6 Å². The van der Waals surface area contributed by atoms with Gasteiger partial charge in [-0.3, -0.25) is 13.9 Å². The van der Waals surface area contributed by atoms with Gasteiger partial charge < -0.3 is 4.90 Å². The summed E-state index contributed by atoms with van der Waals surface area (Å²) in [6, 6.07) is 19.1. The van der Waals surface area contributed by atoms with E-state index in [-0.39, 0.29) is 23.2 Å². The monoisotopic (exact) mass is 491 g/mol. The van der Waals surface area contributed by atoms with Gasteiger partial charge in [-0.1, -0.05) is 29.8 Å². The van der Waals surface area contributed by atoms with Gasteiger partial charge in [0.15, 0.2) is 5.78 Å². The molecule has 1 aromatic heterocycles. The van der Waals surface area contributed by atoms with Crippen molar-refractivity contribution in [2.75, 3.05) is 19.6 Å². The molecule has 1 aliphatic heterocycles. The van der Waals surface area contributed by atoms with Gasteiger partial charge in [0.1, 0.15) is 5.82 Å². The first kappa shape index (κ1) is 23.5. The first-order valence-electron chi connectivity index (χ1n) is 11.9. The largest absolute Gasteiger partial charge is 0.333 e. The van der Waals surface area contributed by atoms with Crippen LogP contribution in [0.5, 0.6) is 0 Å². The number of Topliss-reactive ketones (excluding diaryl/α,β-unsaturated/α-hetero) is 1. The van der Waals surface area contributed by atoms with Gasteiger partial charge in [0, 0.05) is 29.6 Å². The second kappa shape index (κ2) is 9.80. The zero-order valence-electron chi connectivity index (χ0n) is 19.6. The van der Waals surface area contributed by atoms with Crippen molar-refractivity contribution in [2.24, 2.45) is 5.92 Å². The molecular formula is C28H27ClFN3O2. The second-order valence-corrected chi connectivity index (χ2v) is 9.62.